The van der Waals surface area contributed by atoms with Gasteiger partial charge >= 0.3 is 5.92 Å². The Bertz CT molecular complexity index is 1130. The third-order valence-electron chi connectivity index (χ3n) is 5.08. The molecular formula is C22H24F2N6O3. The number of carbonyl (C=O) groups excluding carboxylic acids is 1. The van der Waals surface area contributed by atoms with Gasteiger partial charge in [-0.05, 0) is 36.5 Å². The molecule has 174 valence electrons. The second-order valence-corrected chi connectivity index (χ2v) is 7.06. The van der Waals surface area contributed by atoms with Gasteiger partial charge in [-0.25, -0.2) is 4.99 Å². The number of aliphatic imine (C=N–C) groups is 3. The number of anilines is 3. The van der Waals surface area contributed by atoms with E-state index in [0.29, 0.717) is 34.1 Å². The summed E-state index contributed by atoms with van der Waals surface area (Å²) < 4.78 is 38.5. The highest BCUT2D eigenvalue weighted by molar-refractivity contribution is 6.08. The molecule has 11 heteroatoms. The van der Waals surface area contributed by atoms with Crippen LogP contribution < -0.4 is 25.4 Å². The summed E-state index contributed by atoms with van der Waals surface area (Å²) in [7, 11) is 4.58. The van der Waals surface area contributed by atoms with Gasteiger partial charge in [-0.3, -0.25) is 9.79 Å². The van der Waals surface area contributed by atoms with Crippen LogP contribution in [0.4, 0.5) is 25.8 Å². The van der Waals surface area contributed by atoms with Gasteiger partial charge in [0.15, 0.2) is 11.5 Å². The van der Waals surface area contributed by atoms with Crippen LogP contribution in [0.25, 0.3) is 0 Å². The Kier molecular flexibility index (Phi) is 6.90. The Hall–Kier alpha value is -4.02. The molecule has 0 bridgehead atoms. The van der Waals surface area contributed by atoms with E-state index in [-0.39, 0.29) is 11.9 Å². The lowest BCUT2D eigenvalue weighted by Crippen LogP contribution is -2.43. The molecule has 1 amide bonds. The molecule has 1 atom stereocenters. The molecule has 1 aliphatic rings. The van der Waals surface area contributed by atoms with Crippen molar-refractivity contribution in [3.8, 4) is 11.5 Å². The van der Waals surface area contributed by atoms with Crippen molar-refractivity contribution in [1.82, 2.24) is 0 Å². The fourth-order valence-electron chi connectivity index (χ4n) is 3.23. The molecule has 3 rings (SSSR count). The average molecular weight is 458 g/mol. The van der Waals surface area contributed by atoms with Crippen LogP contribution in [-0.4, -0.2) is 51.7 Å². The molecule has 0 saturated heterocycles. The van der Waals surface area contributed by atoms with Crippen molar-refractivity contribution in [2.75, 3.05) is 37.2 Å². The van der Waals surface area contributed by atoms with Crippen LogP contribution in [0.15, 0.2) is 51.4 Å². The molecule has 0 radical (unpaired) electrons. The first kappa shape index (κ1) is 23.6. The fraction of sp³-hybridized carbons (Fsp3) is 0.273. The topological polar surface area (TPSA) is 109 Å². The lowest BCUT2D eigenvalue weighted by atomic mass is 9.89. The number of amides is 1. The van der Waals surface area contributed by atoms with Gasteiger partial charge < -0.3 is 25.4 Å². The summed E-state index contributed by atoms with van der Waals surface area (Å²) in [6.07, 6.45) is 0. The van der Waals surface area contributed by atoms with Crippen LogP contribution in [0, 0.1) is 0 Å². The van der Waals surface area contributed by atoms with Crippen LogP contribution in [0.2, 0.25) is 0 Å². The van der Waals surface area contributed by atoms with E-state index in [9.17, 15) is 13.6 Å². The highest BCUT2D eigenvalue weighted by Gasteiger charge is 2.49. The zero-order valence-corrected chi connectivity index (χ0v) is 18.6. The molecular weight excluding hydrogens is 434 g/mol. The SMILES string of the molecule is C=NC(=NC(=NC)Nc1ccc2c(c1)NC(=O)C(F)(F)C2C)Nc1ccc(OC)c(OC)c1. The van der Waals surface area contributed by atoms with Crippen molar-refractivity contribution in [3.05, 3.63) is 42.0 Å². The first-order valence-corrected chi connectivity index (χ1v) is 9.85. The number of carbonyl (C=O) groups is 1. The third-order valence-corrected chi connectivity index (χ3v) is 5.08. The number of alkyl halides is 2. The third kappa shape index (κ3) is 4.92. The number of halogens is 2. The average Bonchev–Trinajstić information content (AvgIpc) is 2.81. The Balaban J connectivity index is 1.80. The minimum absolute atomic E-state index is 0.148. The number of hydrogen-bond acceptors (Lipinski definition) is 4. The molecule has 1 heterocycles. The minimum atomic E-state index is -3.47. The molecule has 2 aromatic carbocycles. The van der Waals surface area contributed by atoms with Gasteiger partial charge in [0.25, 0.3) is 5.91 Å². The van der Waals surface area contributed by atoms with E-state index >= 15 is 0 Å². The Morgan fingerprint density at radius 2 is 1.70 bits per heavy atom. The molecule has 0 fully saturated rings. The van der Waals surface area contributed by atoms with Crippen molar-refractivity contribution in [3.63, 3.8) is 0 Å². The molecule has 1 unspecified atom stereocenters. The van der Waals surface area contributed by atoms with E-state index in [4.69, 9.17) is 9.47 Å². The molecule has 0 saturated carbocycles. The number of hydrogen-bond donors (Lipinski definition) is 3. The van der Waals surface area contributed by atoms with E-state index in [2.05, 4.69) is 37.6 Å². The standard InChI is InChI=1S/C22H24F2N6O3/c1-12-15-8-6-13(10-16(15)29-19(31)22(12,23)24)27-20(25-2)30-21(26-3)28-14-7-9-17(32-4)18(11-14)33-5/h6-12H,3H2,1-2,4-5H3,(H,29,31)(H2,25,27,28,30). The minimum Gasteiger partial charge on any atom is -0.493 e. The van der Waals surface area contributed by atoms with Crippen LogP contribution in [-0.2, 0) is 4.79 Å². The smallest absolute Gasteiger partial charge is 0.331 e. The largest absolute Gasteiger partial charge is 0.493 e. The van der Waals surface area contributed by atoms with Crippen molar-refractivity contribution >= 4 is 41.6 Å². The molecule has 1 aliphatic heterocycles. The van der Waals surface area contributed by atoms with E-state index in [1.165, 1.54) is 34.3 Å². The molecule has 0 aromatic heterocycles. The van der Waals surface area contributed by atoms with E-state index in [0.717, 1.165) is 0 Å². The molecule has 9 nitrogen and oxygen atoms in total. The number of fused-ring (bicyclic) bond motifs is 1. The van der Waals surface area contributed by atoms with Crippen molar-refractivity contribution in [1.29, 1.82) is 0 Å². The van der Waals surface area contributed by atoms with Crippen molar-refractivity contribution in [2.45, 2.75) is 18.8 Å². The Morgan fingerprint density at radius 3 is 2.33 bits per heavy atom. The van der Waals surface area contributed by atoms with Crippen LogP contribution >= 0.6 is 0 Å². The summed E-state index contributed by atoms with van der Waals surface area (Å²) in [5, 5.41) is 8.22. The van der Waals surface area contributed by atoms with Crippen LogP contribution in [0.1, 0.15) is 18.4 Å². The van der Waals surface area contributed by atoms with Gasteiger partial charge in [0.1, 0.15) is 0 Å². The summed E-state index contributed by atoms with van der Waals surface area (Å²) in [5.74, 6) is -4.64. The van der Waals surface area contributed by atoms with Gasteiger partial charge in [0.05, 0.1) is 20.1 Å². The summed E-state index contributed by atoms with van der Waals surface area (Å²) in [4.78, 5) is 24.0. The predicted octanol–water partition coefficient (Wildman–Crippen LogP) is 3.96. The molecule has 0 spiro atoms. The molecule has 0 aliphatic carbocycles. The zero-order valence-electron chi connectivity index (χ0n) is 18.6. The quantitative estimate of drug-likeness (QED) is 0.475. The highest BCUT2D eigenvalue weighted by atomic mass is 19.3. The summed E-state index contributed by atoms with van der Waals surface area (Å²) >= 11 is 0. The number of nitrogens with zero attached hydrogens (tertiary/aromatic N) is 3. The molecule has 33 heavy (non-hydrogen) atoms. The van der Waals surface area contributed by atoms with Crippen molar-refractivity contribution < 1.29 is 23.0 Å². The predicted molar refractivity (Wildman–Crippen MR) is 126 cm³/mol. The fourth-order valence-corrected chi connectivity index (χ4v) is 3.23. The number of methoxy groups -OCH3 is 2. The Labute approximate surface area is 189 Å². The zero-order chi connectivity index (χ0) is 24.2. The maximum atomic E-state index is 14.0. The van der Waals surface area contributed by atoms with Crippen LogP contribution in [0.5, 0.6) is 11.5 Å². The monoisotopic (exact) mass is 458 g/mol. The summed E-state index contributed by atoms with van der Waals surface area (Å²) in [5.41, 5.74) is 1.76. The van der Waals surface area contributed by atoms with Gasteiger partial charge in [-0.2, -0.15) is 13.8 Å². The second-order valence-electron chi connectivity index (χ2n) is 7.06. The van der Waals surface area contributed by atoms with Gasteiger partial charge in [0, 0.05) is 30.2 Å². The first-order valence-electron chi connectivity index (χ1n) is 9.85. The molecule has 3 N–H and O–H groups in total. The Morgan fingerprint density at radius 1 is 1.06 bits per heavy atom. The van der Waals surface area contributed by atoms with Gasteiger partial charge in [-0.15, -0.1) is 0 Å². The summed E-state index contributed by atoms with van der Waals surface area (Å²) in [6, 6.07) is 9.86. The second kappa shape index (κ2) is 9.63. The maximum Gasteiger partial charge on any atom is 0.331 e. The molecule has 2 aromatic rings. The van der Waals surface area contributed by atoms with Gasteiger partial charge in [0.2, 0.25) is 11.9 Å². The first-order chi connectivity index (χ1) is 15.7. The van der Waals surface area contributed by atoms with Gasteiger partial charge in [-0.1, -0.05) is 13.0 Å². The maximum absolute atomic E-state index is 14.0. The lowest BCUT2D eigenvalue weighted by Gasteiger charge is -2.30. The van der Waals surface area contributed by atoms with Crippen molar-refractivity contribution in [2.24, 2.45) is 15.0 Å². The van der Waals surface area contributed by atoms with E-state index in [1.54, 1.807) is 30.3 Å². The van der Waals surface area contributed by atoms with Crippen LogP contribution in [0.3, 0.4) is 0 Å². The number of ether oxygens (including phenoxy) is 2. The normalized spacial score (nSPS) is 17.5. The summed E-state index contributed by atoms with van der Waals surface area (Å²) in [6.45, 7) is 4.83. The lowest BCUT2D eigenvalue weighted by molar-refractivity contribution is -0.143. The number of nitrogens with one attached hydrogen (secondary N) is 3. The number of rotatable bonds is 4. The highest BCUT2D eigenvalue weighted by Crippen LogP contribution is 2.42. The van der Waals surface area contributed by atoms with E-state index in [1.807, 2.05) is 0 Å². The number of benzene rings is 2. The van der Waals surface area contributed by atoms with E-state index < -0.39 is 17.7 Å². The number of guanidine groups is 2.